The number of nitrogens with zero attached hydrogens (tertiary/aromatic N) is 1. The van der Waals surface area contributed by atoms with Gasteiger partial charge in [-0.1, -0.05) is 23.7 Å². The molecule has 0 unspecified atom stereocenters. The highest BCUT2D eigenvalue weighted by Gasteiger charge is 2.33. The smallest absolute Gasteiger partial charge is 0.117 e. The first kappa shape index (κ1) is 13.7. The number of furan rings is 1. The van der Waals surface area contributed by atoms with Crippen molar-refractivity contribution in [3.63, 3.8) is 0 Å². The maximum atomic E-state index is 9.62. The minimum Gasteiger partial charge on any atom is -0.468 e. The van der Waals surface area contributed by atoms with Crippen LogP contribution in [0.15, 0.2) is 47.1 Å². The van der Waals surface area contributed by atoms with Crippen molar-refractivity contribution in [1.82, 2.24) is 4.90 Å². The van der Waals surface area contributed by atoms with E-state index in [2.05, 4.69) is 17.0 Å². The number of aliphatic hydroxyl groups is 1. The predicted molar refractivity (Wildman–Crippen MR) is 78.8 cm³/mol. The lowest BCUT2D eigenvalue weighted by atomic mass is 9.90. The molecule has 0 amide bonds. The molecule has 0 radical (unpaired) electrons. The third-order valence-corrected chi connectivity index (χ3v) is 4.26. The molecule has 0 bridgehead atoms. The number of benzene rings is 1. The zero-order chi connectivity index (χ0) is 13.9. The summed E-state index contributed by atoms with van der Waals surface area (Å²) < 4.78 is 5.40. The molecule has 0 saturated carbocycles. The molecular weight excluding hydrogens is 274 g/mol. The van der Waals surface area contributed by atoms with Gasteiger partial charge >= 0.3 is 0 Å². The summed E-state index contributed by atoms with van der Waals surface area (Å²) in [6.07, 6.45) is 1.70. The van der Waals surface area contributed by atoms with E-state index < -0.39 is 0 Å². The predicted octanol–water partition coefficient (Wildman–Crippen LogP) is 3.14. The van der Waals surface area contributed by atoms with Crippen LogP contribution in [0.1, 0.15) is 17.2 Å². The second kappa shape index (κ2) is 6.00. The Balaban J connectivity index is 1.72. The van der Waals surface area contributed by atoms with Crippen LogP contribution in [0.2, 0.25) is 5.02 Å². The van der Waals surface area contributed by atoms with Crippen molar-refractivity contribution in [3.05, 3.63) is 59.0 Å². The van der Waals surface area contributed by atoms with Crippen LogP contribution in [-0.4, -0.2) is 29.7 Å². The molecule has 3 nitrogen and oxygen atoms in total. The van der Waals surface area contributed by atoms with E-state index in [-0.39, 0.29) is 12.5 Å². The van der Waals surface area contributed by atoms with Crippen LogP contribution in [0.3, 0.4) is 0 Å². The highest BCUT2D eigenvalue weighted by molar-refractivity contribution is 6.30. The van der Waals surface area contributed by atoms with Gasteiger partial charge < -0.3 is 9.52 Å². The van der Waals surface area contributed by atoms with Crippen LogP contribution >= 0.6 is 11.6 Å². The van der Waals surface area contributed by atoms with E-state index >= 15 is 0 Å². The standard InChI is InChI=1S/C16H18ClNO2/c17-14-5-3-12(4-6-14)16-10-18(8-13(16)11-19)9-15-2-1-7-20-15/h1-7,13,16,19H,8-11H2/t13-,16-/m0/s1. The molecule has 0 aliphatic carbocycles. The van der Waals surface area contributed by atoms with Crippen LogP contribution in [-0.2, 0) is 6.54 Å². The lowest BCUT2D eigenvalue weighted by Gasteiger charge is -2.16. The van der Waals surface area contributed by atoms with Crippen molar-refractivity contribution in [2.45, 2.75) is 12.5 Å². The Kier molecular flexibility index (Phi) is 4.10. The molecule has 106 valence electrons. The Morgan fingerprint density at radius 1 is 1.20 bits per heavy atom. The Bertz CT molecular complexity index is 538. The molecule has 1 aromatic carbocycles. The zero-order valence-electron chi connectivity index (χ0n) is 11.2. The van der Waals surface area contributed by atoms with E-state index in [9.17, 15) is 5.11 Å². The van der Waals surface area contributed by atoms with Gasteiger partial charge in [-0.15, -0.1) is 0 Å². The maximum absolute atomic E-state index is 9.62. The van der Waals surface area contributed by atoms with E-state index in [1.807, 2.05) is 24.3 Å². The van der Waals surface area contributed by atoms with Crippen LogP contribution in [0.5, 0.6) is 0 Å². The number of halogens is 1. The summed E-state index contributed by atoms with van der Waals surface area (Å²) in [5.41, 5.74) is 1.25. The summed E-state index contributed by atoms with van der Waals surface area (Å²) in [7, 11) is 0. The number of rotatable bonds is 4. The van der Waals surface area contributed by atoms with Gasteiger partial charge in [-0.3, -0.25) is 4.90 Å². The fraction of sp³-hybridized carbons (Fsp3) is 0.375. The third-order valence-electron chi connectivity index (χ3n) is 4.01. The highest BCUT2D eigenvalue weighted by atomic mass is 35.5. The fourth-order valence-electron chi connectivity index (χ4n) is 2.99. The SMILES string of the molecule is OC[C@@H]1CN(Cc2ccco2)C[C@H]1c1ccc(Cl)cc1. The molecular formula is C16H18ClNO2. The average molecular weight is 292 g/mol. The normalized spacial score (nSPS) is 23.3. The van der Waals surface area contributed by atoms with Gasteiger partial charge in [0.1, 0.15) is 5.76 Å². The van der Waals surface area contributed by atoms with Gasteiger partial charge in [-0.25, -0.2) is 0 Å². The minimum atomic E-state index is 0.210. The summed E-state index contributed by atoms with van der Waals surface area (Å²) in [5.74, 6) is 1.59. The van der Waals surface area contributed by atoms with Crippen molar-refractivity contribution < 1.29 is 9.52 Å². The van der Waals surface area contributed by atoms with E-state index in [1.165, 1.54) is 5.56 Å². The molecule has 3 rings (SSSR count). The maximum Gasteiger partial charge on any atom is 0.117 e. The van der Waals surface area contributed by atoms with E-state index in [0.717, 1.165) is 30.4 Å². The Hall–Kier alpha value is -1.29. The number of hydrogen-bond donors (Lipinski definition) is 1. The molecule has 20 heavy (non-hydrogen) atoms. The quantitative estimate of drug-likeness (QED) is 0.940. The van der Waals surface area contributed by atoms with Gasteiger partial charge in [-0.2, -0.15) is 0 Å². The van der Waals surface area contributed by atoms with Crippen LogP contribution in [0, 0.1) is 5.92 Å². The topological polar surface area (TPSA) is 36.6 Å². The van der Waals surface area contributed by atoms with Crippen molar-refractivity contribution in [1.29, 1.82) is 0 Å². The van der Waals surface area contributed by atoms with Crippen LogP contribution in [0.4, 0.5) is 0 Å². The third kappa shape index (κ3) is 2.90. The van der Waals surface area contributed by atoms with E-state index in [0.29, 0.717) is 5.92 Å². The molecule has 1 saturated heterocycles. The number of likely N-dealkylation sites (tertiary alicyclic amines) is 1. The van der Waals surface area contributed by atoms with Gasteiger partial charge in [0.05, 0.1) is 12.8 Å². The molecule has 1 fully saturated rings. The summed E-state index contributed by atoms with van der Waals surface area (Å²) in [5, 5.41) is 10.4. The fourth-order valence-corrected chi connectivity index (χ4v) is 3.11. The molecule has 2 aromatic rings. The second-order valence-electron chi connectivity index (χ2n) is 5.37. The Morgan fingerprint density at radius 3 is 2.65 bits per heavy atom. The number of hydrogen-bond acceptors (Lipinski definition) is 3. The van der Waals surface area contributed by atoms with Crippen molar-refractivity contribution >= 4 is 11.6 Å². The first-order chi connectivity index (χ1) is 9.76. The van der Waals surface area contributed by atoms with Crippen LogP contribution < -0.4 is 0 Å². The molecule has 1 aromatic heterocycles. The van der Waals surface area contributed by atoms with Gasteiger partial charge in [0.15, 0.2) is 0 Å². The van der Waals surface area contributed by atoms with Crippen molar-refractivity contribution in [3.8, 4) is 0 Å². The van der Waals surface area contributed by atoms with Gasteiger partial charge in [0.2, 0.25) is 0 Å². The van der Waals surface area contributed by atoms with E-state index in [1.54, 1.807) is 6.26 Å². The van der Waals surface area contributed by atoms with Gasteiger partial charge in [-0.05, 0) is 29.8 Å². The molecule has 0 spiro atoms. The van der Waals surface area contributed by atoms with Crippen molar-refractivity contribution in [2.75, 3.05) is 19.7 Å². The lowest BCUT2D eigenvalue weighted by molar-refractivity contribution is 0.211. The largest absolute Gasteiger partial charge is 0.468 e. The molecule has 2 heterocycles. The molecule has 1 aliphatic rings. The molecule has 1 N–H and O–H groups in total. The minimum absolute atomic E-state index is 0.210. The second-order valence-corrected chi connectivity index (χ2v) is 5.81. The monoisotopic (exact) mass is 291 g/mol. The summed E-state index contributed by atoms with van der Waals surface area (Å²) >= 11 is 5.94. The molecule has 2 atom stereocenters. The summed E-state index contributed by atoms with van der Waals surface area (Å²) in [6, 6.07) is 11.9. The highest BCUT2D eigenvalue weighted by Crippen LogP contribution is 2.33. The van der Waals surface area contributed by atoms with Crippen LogP contribution in [0.25, 0.3) is 0 Å². The first-order valence-corrected chi connectivity index (χ1v) is 7.25. The summed E-state index contributed by atoms with van der Waals surface area (Å²) in [6.45, 7) is 2.84. The first-order valence-electron chi connectivity index (χ1n) is 6.87. The van der Waals surface area contributed by atoms with Gasteiger partial charge in [0.25, 0.3) is 0 Å². The lowest BCUT2D eigenvalue weighted by Crippen LogP contribution is -2.20. The van der Waals surface area contributed by atoms with Crippen molar-refractivity contribution in [2.24, 2.45) is 5.92 Å². The molecule has 1 aliphatic heterocycles. The van der Waals surface area contributed by atoms with Gasteiger partial charge in [0, 0.05) is 36.6 Å². The number of aliphatic hydroxyl groups excluding tert-OH is 1. The average Bonchev–Trinajstić information content (AvgIpc) is 3.09. The van der Waals surface area contributed by atoms with E-state index in [4.69, 9.17) is 16.0 Å². The Labute approximate surface area is 123 Å². The molecule has 4 heteroatoms. The summed E-state index contributed by atoms with van der Waals surface area (Å²) in [4.78, 5) is 2.33. The Morgan fingerprint density at radius 2 is 2.00 bits per heavy atom. The zero-order valence-corrected chi connectivity index (χ0v) is 12.0.